The molecule has 5 nitrogen and oxygen atoms in total. The third-order valence-electron chi connectivity index (χ3n) is 4.50. The maximum Gasteiger partial charge on any atom is 0.255 e. The fourth-order valence-corrected chi connectivity index (χ4v) is 3.14. The Morgan fingerprint density at radius 1 is 1.00 bits per heavy atom. The molecule has 2 amide bonds. The Balaban J connectivity index is 1.64. The minimum absolute atomic E-state index is 0.118. The Hall–Kier alpha value is -2.82. The molecule has 1 saturated carbocycles. The lowest BCUT2D eigenvalue weighted by atomic mass is 10.1. The van der Waals surface area contributed by atoms with E-state index in [9.17, 15) is 9.59 Å². The maximum atomic E-state index is 12.5. The van der Waals surface area contributed by atoms with E-state index in [1.807, 2.05) is 19.1 Å². The summed E-state index contributed by atoms with van der Waals surface area (Å²) in [5.74, 6) is 0.397. The van der Waals surface area contributed by atoms with Crippen molar-refractivity contribution in [2.75, 3.05) is 11.9 Å². The Labute approximate surface area is 153 Å². The van der Waals surface area contributed by atoms with Gasteiger partial charge in [0, 0.05) is 22.9 Å². The van der Waals surface area contributed by atoms with E-state index < -0.39 is 0 Å². The molecule has 0 radical (unpaired) electrons. The van der Waals surface area contributed by atoms with Gasteiger partial charge in [-0.15, -0.1) is 0 Å². The van der Waals surface area contributed by atoms with Gasteiger partial charge < -0.3 is 15.4 Å². The standard InChI is InChI=1S/C21H24N2O3/c1-2-26-19-12-10-18(11-13-19)23-21(25)16-7-5-6-15(14-16)20(24)22-17-8-3-4-9-17/h5-7,10-14,17H,2-4,8-9H2,1H3,(H,22,24)(H,23,25). The zero-order valence-corrected chi connectivity index (χ0v) is 15.0. The van der Waals surface area contributed by atoms with Crippen LogP contribution in [0.2, 0.25) is 0 Å². The number of nitrogens with one attached hydrogen (secondary N) is 2. The summed E-state index contributed by atoms with van der Waals surface area (Å²) >= 11 is 0. The summed E-state index contributed by atoms with van der Waals surface area (Å²) < 4.78 is 5.39. The molecule has 2 aromatic carbocycles. The van der Waals surface area contributed by atoms with Crippen molar-refractivity contribution in [1.29, 1.82) is 0 Å². The van der Waals surface area contributed by atoms with E-state index in [0.29, 0.717) is 23.4 Å². The number of hydrogen-bond acceptors (Lipinski definition) is 3. The van der Waals surface area contributed by atoms with E-state index >= 15 is 0 Å². The lowest BCUT2D eigenvalue weighted by Crippen LogP contribution is -2.32. The molecule has 0 aromatic heterocycles. The molecule has 0 heterocycles. The molecule has 0 saturated heterocycles. The first kappa shape index (κ1) is 18.0. The van der Waals surface area contributed by atoms with Gasteiger partial charge in [0.1, 0.15) is 5.75 Å². The van der Waals surface area contributed by atoms with Crippen molar-refractivity contribution in [2.24, 2.45) is 0 Å². The minimum atomic E-state index is -0.246. The highest BCUT2D eigenvalue weighted by molar-refractivity contribution is 6.06. The molecule has 2 N–H and O–H groups in total. The van der Waals surface area contributed by atoms with Crippen molar-refractivity contribution in [1.82, 2.24) is 5.32 Å². The van der Waals surface area contributed by atoms with Gasteiger partial charge >= 0.3 is 0 Å². The van der Waals surface area contributed by atoms with Gasteiger partial charge in [0.05, 0.1) is 6.61 Å². The minimum Gasteiger partial charge on any atom is -0.494 e. The maximum absolute atomic E-state index is 12.5. The second kappa shape index (κ2) is 8.52. The van der Waals surface area contributed by atoms with Gasteiger partial charge in [-0.25, -0.2) is 0 Å². The molecule has 26 heavy (non-hydrogen) atoms. The van der Waals surface area contributed by atoms with Crippen LogP contribution in [0.15, 0.2) is 48.5 Å². The van der Waals surface area contributed by atoms with Gasteiger partial charge in [0.2, 0.25) is 0 Å². The lowest BCUT2D eigenvalue weighted by Gasteiger charge is -2.12. The molecule has 0 unspecified atom stereocenters. The number of carbonyl (C=O) groups excluding carboxylic acids is 2. The van der Waals surface area contributed by atoms with Crippen LogP contribution < -0.4 is 15.4 Å². The Morgan fingerprint density at radius 2 is 1.65 bits per heavy atom. The lowest BCUT2D eigenvalue weighted by molar-refractivity contribution is 0.0938. The molecule has 5 heteroatoms. The van der Waals surface area contributed by atoms with Crippen LogP contribution in [-0.2, 0) is 0 Å². The number of benzene rings is 2. The molecule has 1 aliphatic rings. The Bertz CT molecular complexity index is 765. The van der Waals surface area contributed by atoms with Crippen LogP contribution in [0.4, 0.5) is 5.69 Å². The van der Waals surface area contributed by atoms with Crippen LogP contribution in [0.3, 0.4) is 0 Å². The first-order chi connectivity index (χ1) is 12.7. The summed E-state index contributed by atoms with van der Waals surface area (Å²) in [7, 11) is 0. The van der Waals surface area contributed by atoms with Gasteiger partial charge in [0.25, 0.3) is 11.8 Å². The fraction of sp³-hybridized carbons (Fsp3) is 0.333. The third-order valence-corrected chi connectivity index (χ3v) is 4.50. The number of ether oxygens (including phenoxy) is 1. The SMILES string of the molecule is CCOc1ccc(NC(=O)c2cccc(C(=O)NC3CCCC3)c2)cc1. The number of amides is 2. The zero-order valence-electron chi connectivity index (χ0n) is 15.0. The van der Waals surface area contributed by atoms with Gasteiger partial charge in [-0.3, -0.25) is 9.59 Å². The van der Waals surface area contributed by atoms with Gasteiger partial charge in [0.15, 0.2) is 0 Å². The zero-order chi connectivity index (χ0) is 18.4. The largest absolute Gasteiger partial charge is 0.494 e. The van der Waals surface area contributed by atoms with E-state index in [2.05, 4.69) is 10.6 Å². The number of rotatable bonds is 6. The van der Waals surface area contributed by atoms with Crippen LogP contribution in [0.25, 0.3) is 0 Å². The summed E-state index contributed by atoms with van der Waals surface area (Å²) in [6.45, 7) is 2.52. The highest BCUT2D eigenvalue weighted by Gasteiger charge is 2.18. The van der Waals surface area contributed by atoms with Crippen LogP contribution in [0.1, 0.15) is 53.3 Å². The summed E-state index contributed by atoms with van der Waals surface area (Å²) in [6, 6.07) is 14.3. The first-order valence-electron chi connectivity index (χ1n) is 9.11. The molecule has 2 aromatic rings. The van der Waals surface area contributed by atoms with Crippen molar-refractivity contribution in [3.63, 3.8) is 0 Å². The van der Waals surface area contributed by atoms with Crippen molar-refractivity contribution in [3.05, 3.63) is 59.7 Å². The smallest absolute Gasteiger partial charge is 0.255 e. The monoisotopic (exact) mass is 352 g/mol. The third kappa shape index (κ3) is 4.63. The number of carbonyl (C=O) groups is 2. The summed E-state index contributed by atoms with van der Waals surface area (Å²) in [5.41, 5.74) is 1.65. The molecule has 136 valence electrons. The molecular formula is C21H24N2O3. The normalized spacial score (nSPS) is 14.0. The van der Waals surface area contributed by atoms with E-state index in [1.54, 1.807) is 36.4 Å². The predicted octanol–water partition coefficient (Wildman–Crippen LogP) is 4.01. The second-order valence-corrected chi connectivity index (χ2v) is 6.45. The summed E-state index contributed by atoms with van der Waals surface area (Å²) in [5, 5.41) is 5.89. The van der Waals surface area contributed by atoms with Gasteiger partial charge in [-0.1, -0.05) is 18.9 Å². The van der Waals surface area contributed by atoms with Crippen molar-refractivity contribution in [3.8, 4) is 5.75 Å². The number of anilines is 1. The van der Waals surface area contributed by atoms with Crippen molar-refractivity contribution in [2.45, 2.75) is 38.6 Å². The van der Waals surface area contributed by atoms with Crippen molar-refractivity contribution < 1.29 is 14.3 Å². The fourth-order valence-electron chi connectivity index (χ4n) is 3.14. The molecular weight excluding hydrogens is 328 g/mol. The second-order valence-electron chi connectivity index (χ2n) is 6.45. The highest BCUT2D eigenvalue weighted by Crippen LogP contribution is 2.19. The van der Waals surface area contributed by atoms with Gasteiger partial charge in [-0.05, 0) is 62.2 Å². The molecule has 1 aliphatic carbocycles. The first-order valence-corrected chi connectivity index (χ1v) is 9.11. The molecule has 1 fully saturated rings. The van der Waals surface area contributed by atoms with E-state index in [1.165, 1.54) is 0 Å². The van der Waals surface area contributed by atoms with Crippen molar-refractivity contribution >= 4 is 17.5 Å². The molecule has 0 bridgehead atoms. The van der Waals surface area contributed by atoms with Crippen LogP contribution in [-0.4, -0.2) is 24.5 Å². The Morgan fingerprint density at radius 3 is 2.31 bits per heavy atom. The van der Waals surface area contributed by atoms with E-state index in [0.717, 1.165) is 31.4 Å². The average molecular weight is 352 g/mol. The van der Waals surface area contributed by atoms with Crippen LogP contribution in [0.5, 0.6) is 5.75 Å². The molecule has 0 spiro atoms. The van der Waals surface area contributed by atoms with Gasteiger partial charge in [-0.2, -0.15) is 0 Å². The van der Waals surface area contributed by atoms with Crippen LogP contribution >= 0.6 is 0 Å². The Kier molecular flexibility index (Phi) is 5.89. The molecule has 3 rings (SSSR count). The van der Waals surface area contributed by atoms with Crippen LogP contribution in [0, 0.1) is 0 Å². The average Bonchev–Trinajstić information content (AvgIpc) is 3.16. The molecule has 0 atom stereocenters. The van der Waals surface area contributed by atoms with E-state index in [4.69, 9.17) is 4.74 Å². The summed E-state index contributed by atoms with van der Waals surface area (Å²) in [4.78, 5) is 24.8. The predicted molar refractivity (Wildman–Crippen MR) is 102 cm³/mol. The topological polar surface area (TPSA) is 67.4 Å². The highest BCUT2D eigenvalue weighted by atomic mass is 16.5. The quantitative estimate of drug-likeness (QED) is 0.825. The van der Waals surface area contributed by atoms with E-state index in [-0.39, 0.29) is 17.9 Å². The molecule has 0 aliphatic heterocycles. The number of hydrogen-bond donors (Lipinski definition) is 2. The summed E-state index contributed by atoms with van der Waals surface area (Å²) in [6.07, 6.45) is 4.39.